The molecule has 0 fully saturated rings. The van der Waals surface area contributed by atoms with E-state index < -0.39 is 11.9 Å². The molecule has 0 atom stereocenters. The van der Waals surface area contributed by atoms with Crippen LogP contribution in [0, 0.1) is 50.4 Å². The summed E-state index contributed by atoms with van der Waals surface area (Å²) in [5.41, 5.74) is 7.33. The van der Waals surface area contributed by atoms with Crippen molar-refractivity contribution in [2.24, 2.45) is 0 Å². The SMILES string of the molecule is CCOC(=O)/C(C#N)=C/c1[nH]c(CCc2[nH]c(/C=C(\C#N)C(=O)OCC)c(C)c2C)c(C)c1C. The van der Waals surface area contributed by atoms with Gasteiger partial charge < -0.3 is 19.4 Å². The molecule has 0 radical (unpaired) electrons. The van der Waals surface area contributed by atoms with Crippen LogP contribution in [0.2, 0.25) is 0 Å². The first-order valence-corrected chi connectivity index (χ1v) is 11.1. The molecule has 0 aliphatic heterocycles. The fourth-order valence-corrected chi connectivity index (χ4v) is 3.58. The number of aromatic amines is 2. The predicted molar refractivity (Wildman–Crippen MR) is 128 cm³/mol. The Bertz CT molecular complexity index is 1130. The lowest BCUT2D eigenvalue weighted by Crippen LogP contribution is -2.06. The van der Waals surface area contributed by atoms with E-state index in [1.807, 2.05) is 39.8 Å². The molecule has 8 nitrogen and oxygen atoms in total. The van der Waals surface area contributed by atoms with Crippen molar-refractivity contribution in [3.8, 4) is 12.1 Å². The van der Waals surface area contributed by atoms with Crippen LogP contribution in [0.3, 0.4) is 0 Å². The summed E-state index contributed by atoms with van der Waals surface area (Å²) in [5, 5.41) is 18.6. The summed E-state index contributed by atoms with van der Waals surface area (Å²) < 4.78 is 9.88. The molecular formula is C26H30N4O4. The Morgan fingerprint density at radius 2 is 1.09 bits per heavy atom. The number of aryl methyl sites for hydroxylation is 2. The maximum atomic E-state index is 12.0. The summed E-state index contributed by atoms with van der Waals surface area (Å²) in [4.78, 5) is 30.6. The molecular weight excluding hydrogens is 432 g/mol. The van der Waals surface area contributed by atoms with Crippen molar-refractivity contribution in [3.05, 3.63) is 56.2 Å². The molecule has 2 aromatic rings. The van der Waals surface area contributed by atoms with Gasteiger partial charge in [0.2, 0.25) is 0 Å². The monoisotopic (exact) mass is 462 g/mol. The van der Waals surface area contributed by atoms with E-state index in [1.54, 1.807) is 13.8 Å². The fraction of sp³-hybridized carbons (Fsp3) is 0.385. The van der Waals surface area contributed by atoms with Gasteiger partial charge in [-0.05, 0) is 88.8 Å². The zero-order valence-electron chi connectivity index (χ0n) is 20.5. The van der Waals surface area contributed by atoms with Crippen molar-refractivity contribution >= 4 is 24.1 Å². The van der Waals surface area contributed by atoms with Crippen molar-refractivity contribution in [1.82, 2.24) is 9.97 Å². The Morgan fingerprint density at radius 3 is 1.38 bits per heavy atom. The van der Waals surface area contributed by atoms with Gasteiger partial charge in [0.15, 0.2) is 0 Å². The Labute approximate surface area is 199 Å². The Kier molecular flexibility index (Phi) is 9.03. The van der Waals surface area contributed by atoms with Gasteiger partial charge in [-0.25, -0.2) is 9.59 Å². The van der Waals surface area contributed by atoms with Crippen molar-refractivity contribution in [1.29, 1.82) is 10.5 Å². The van der Waals surface area contributed by atoms with E-state index in [4.69, 9.17) is 9.47 Å². The maximum Gasteiger partial charge on any atom is 0.348 e. The lowest BCUT2D eigenvalue weighted by molar-refractivity contribution is -0.138. The van der Waals surface area contributed by atoms with Crippen molar-refractivity contribution in [2.45, 2.75) is 54.4 Å². The molecule has 0 saturated carbocycles. The van der Waals surface area contributed by atoms with E-state index in [2.05, 4.69) is 9.97 Å². The first-order chi connectivity index (χ1) is 16.2. The molecule has 0 amide bonds. The van der Waals surface area contributed by atoms with Crippen LogP contribution < -0.4 is 0 Å². The minimum atomic E-state index is -0.643. The molecule has 2 heterocycles. The van der Waals surface area contributed by atoms with Crippen molar-refractivity contribution in [3.63, 3.8) is 0 Å². The van der Waals surface area contributed by atoms with Crippen molar-refractivity contribution in [2.75, 3.05) is 13.2 Å². The highest BCUT2D eigenvalue weighted by Gasteiger charge is 2.17. The Hall–Kier alpha value is -4.04. The third-order valence-corrected chi connectivity index (χ3v) is 5.84. The minimum Gasteiger partial charge on any atom is -0.462 e. The van der Waals surface area contributed by atoms with Crippen LogP contribution in [0.5, 0.6) is 0 Å². The second kappa shape index (κ2) is 11.7. The first-order valence-electron chi connectivity index (χ1n) is 11.1. The van der Waals surface area contributed by atoms with Crippen LogP contribution in [0.15, 0.2) is 11.1 Å². The summed E-state index contributed by atoms with van der Waals surface area (Å²) in [6.45, 7) is 11.7. The molecule has 0 aromatic carbocycles. The number of nitriles is 2. The van der Waals surface area contributed by atoms with Crippen LogP contribution in [0.1, 0.15) is 58.9 Å². The van der Waals surface area contributed by atoms with Gasteiger partial charge in [-0.15, -0.1) is 0 Å². The number of aromatic nitrogens is 2. The highest BCUT2D eigenvalue weighted by Crippen LogP contribution is 2.24. The van der Waals surface area contributed by atoms with Gasteiger partial charge in [0.05, 0.1) is 13.2 Å². The molecule has 2 rings (SSSR count). The number of nitrogens with zero attached hydrogens (tertiary/aromatic N) is 2. The maximum absolute atomic E-state index is 12.0. The van der Waals surface area contributed by atoms with E-state index in [0.29, 0.717) is 24.2 Å². The summed E-state index contributed by atoms with van der Waals surface area (Å²) >= 11 is 0. The van der Waals surface area contributed by atoms with Gasteiger partial charge >= 0.3 is 11.9 Å². The van der Waals surface area contributed by atoms with E-state index in [-0.39, 0.29) is 24.4 Å². The van der Waals surface area contributed by atoms with E-state index in [9.17, 15) is 20.1 Å². The lowest BCUT2D eigenvalue weighted by Gasteiger charge is -2.02. The second-order valence-corrected chi connectivity index (χ2v) is 7.82. The first kappa shape index (κ1) is 26.2. The molecule has 0 unspecified atom stereocenters. The molecule has 8 heteroatoms. The Balaban J connectivity index is 2.29. The molecule has 0 aliphatic rings. The highest BCUT2D eigenvalue weighted by molar-refractivity contribution is 5.98. The minimum absolute atomic E-state index is 0.0556. The molecule has 0 bridgehead atoms. The average Bonchev–Trinajstić information content (AvgIpc) is 3.24. The zero-order chi connectivity index (χ0) is 25.4. The smallest absolute Gasteiger partial charge is 0.348 e. The molecule has 178 valence electrons. The van der Waals surface area contributed by atoms with E-state index in [1.165, 1.54) is 12.2 Å². The normalized spacial score (nSPS) is 11.6. The highest BCUT2D eigenvalue weighted by atomic mass is 16.5. The number of ether oxygens (including phenoxy) is 2. The number of H-pyrrole nitrogens is 2. The van der Waals surface area contributed by atoms with E-state index >= 15 is 0 Å². The van der Waals surface area contributed by atoms with Gasteiger partial charge in [-0.1, -0.05) is 0 Å². The van der Waals surface area contributed by atoms with Gasteiger partial charge in [0.25, 0.3) is 0 Å². The van der Waals surface area contributed by atoms with Crippen LogP contribution >= 0.6 is 0 Å². The number of hydrogen-bond acceptors (Lipinski definition) is 6. The predicted octanol–water partition coefficient (Wildman–Crippen LogP) is 4.30. The quantitative estimate of drug-likeness (QED) is 0.324. The Morgan fingerprint density at radius 1 is 0.735 bits per heavy atom. The third kappa shape index (κ3) is 5.85. The summed E-state index contributed by atoms with van der Waals surface area (Å²) in [5.74, 6) is -1.29. The van der Waals surface area contributed by atoms with Crippen LogP contribution in [-0.2, 0) is 31.9 Å². The topological polar surface area (TPSA) is 132 Å². The molecule has 0 spiro atoms. The summed E-state index contributed by atoms with van der Waals surface area (Å²) in [6, 6.07) is 3.80. The number of carbonyl (C=O) groups excluding carboxylic acids is 2. The van der Waals surface area contributed by atoms with Gasteiger partial charge in [-0.3, -0.25) is 0 Å². The average molecular weight is 463 g/mol. The van der Waals surface area contributed by atoms with Crippen LogP contribution in [-0.4, -0.2) is 35.1 Å². The molecule has 0 aliphatic carbocycles. The largest absolute Gasteiger partial charge is 0.462 e. The zero-order valence-corrected chi connectivity index (χ0v) is 20.5. The standard InChI is InChI=1S/C26H30N4O4/c1-7-33-25(31)19(13-27)11-23-17(5)15(3)21(29-23)9-10-22-16(4)18(6)24(30-22)12-20(14-28)26(32)34-8-2/h11-12,29-30H,7-10H2,1-6H3/b19-11+,20-12+. The second-order valence-electron chi connectivity index (χ2n) is 7.82. The van der Waals surface area contributed by atoms with E-state index in [0.717, 1.165) is 33.6 Å². The number of nitrogens with one attached hydrogen (secondary N) is 2. The number of carbonyl (C=O) groups is 2. The van der Waals surface area contributed by atoms with Crippen LogP contribution in [0.25, 0.3) is 12.2 Å². The third-order valence-electron chi connectivity index (χ3n) is 5.84. The molecule has 34 heavy (non-hydrogen) atoms. The molecule has 0 saturated heterocycles. The summed E-state index contributed by atoms with van der Waals surface area (Å²) in [6.07, 6.45) is 4.43. The van der Waals surface area contributed by atoms with Gasteiger partial charge in [0, 0.05) is 22.8 Å². The van der Waals surface area contributed by atoms with Gasteiger partial charge in [0.1, 0.15) is 23.3 Å². The number of hydrogen-bond donors (Lipinski definition) is 2. The number of esters is 2. The van der Waals surface area contributed by atoms with Crippen molar-refractivity contribution < 1.29 is 19.1 Å². The fourth-order valence-electron chi connectivity index (χ4n) is 3.58. The lowest BCUT2D eigenvalue weighted by atomic mass is 10.0. The molecule has 2 aromatic heterocycles. The number of rotatable bonds is 9. The summed E-state index contributed by atoms with van der Waals surface area (Å²) in [7, 11) is 0. The van der Waals surface area contributed by atoms with Gasteiger partial charge in [-0.2, -0.15) is 10.5 Å². The molecule has 2 N–H and O–H groups in total. The van der Waals surface area contributed by atoms with Crippen LogP contribution in [0.4, 0.5) is 0 Å².